The number of nitrogens with one attached hydrogen (secondary N) is 1. The van der Waals surface area contributed by atoms with Gasteiger partial charge in [-0.25, -0.2) is 8.78 Å². The molecule has 2 aromatic carbocycles. The van der Waals surface area contributed by atoms with Crippen LogP contribution in [0.25, 0.3) is 10.9 Å². The predicted octanol–water partition coefficient (Wildman–Crippen LogP) is 4.60. The third-order valence-electron chi connectivity index (χ3n) is 6.52. The maximum Gasteiger partial charge on any atom is 0.263 e. The molecule has 1 amide bonds. The number of hydrogen-bond donors (Lipinski definition) is 1. The highest BCUT2D eigenvalue weighted by atomic mass is 19.2. The Morgan fingerprint density at radius 3 is 2.76 bits per heavy atom. The van der Waals surface area contributed by atoms with Crippen molar-refractivity contribution < 1.29 is 23.0 Å². The number of hydrogen-bond acceptors (Lipinski definition) is 5. The predicted molar refractivity (Wildman–Crippen MR) is 138 cm³/mol. The van der Waals surface area contributed by atoms with Crippen molar-refractivity contribution in [2.45, 2.75) is 38.5 Å². The molecule has 0 bridgehead atoms. The fourth-order valence-corrected chi connectivity index (χ4v) is 4.47. The molecule has 2 aromatic heterocycles. The molecule has 1 N–H and O–H groups in total. The summed E-state index contributed by atoms with van der Waals surface area (Å²) < 4.78 is 39.9. The molecular formula is C29H27F2N3O4. The molecule has 1 saturated heterocycles. The third kappa shape index (κ3) is 5.89. The van der Waals surface area contributed by atoms with Crippen molar-refractivity contribution in [1.29, 1.82) is 0 Å². The molecule has 0 radical (unpaired) electrons. The zero-order valence-electron chi connectivity index (χ0n) is 20.7. The zero-order valence-corrected chi connectivity index (χ0v) is 20.7. The summed E-state index contributed by atoms with van der Waals surface area (Å²) in [5.74, 6) is -1.80. The lowest BCUT2D eigenvalue weighted by molar-refractivity contribution is -0.0107. The highest BCUT2D eigenvalue weighted by Crippen LogP contribution is 2.26. The van der Waals surface area contributed by atoms with Crippen LogP contribution in [-0.4, -0.2) is 34.8 Å². The first-order valence-corrected chi connectivity index (χ1v) is 12.5. The molecule has 1 fully saturated rings. The first-order valence-electron chi connectivity index (χ1n) is 12.5. The highest BCUT2D eigenvalue weighted by Gasteiger charge is 2.16. The second-order valence-corrected chi connectivity index (χ2v) is 9.25. The number of carbonyl (C=O) groups excluding carboxylic acids is 1. The molecule has 1 aliphatic heterocycles. The number of fused-ring (bicyclic) bond motifs is 1. The van der Waals surface area contributed by atoms with Gasteiger partial charge < -0.3 is 19.4 Å². The van der Waals surface area contributed by atoms with E-state index in [1.165, 1.54) is 22.9 Å². The van der Waals surface area contributed by atoms with Gasteiger partial charge in [0.05, 0.1) is 18.2 Å². The minimum Gasteiger partial charge on any atom is -0.490 e. The molecule has 3 heterocycles. The van der Waals surface area contributed by atoms with Crippen molar-refractivity contribution in [3.63, 3.8) is 0 Å². The van der Waals surface area contributed by atoms with Crippen LogP contribution in [0.2, 0.25) is 0 Å². The van der Waals surface area contributed by atoms with Gasteiger partial charge in [0.15, 0.2) is 11.6 Å². The first kappa shape index (κ1) is 25.5. The van der Waals surface area contributed by atoms with Gasteiger partial charge in [-0.15, -0.1) is 0 Å². The average Bonchev–Trinajstić information content (AvgIpc) is 2.94. The Balaban J connectivity index is 1.27. The summed E-state index contributed by atoms with van der Waals surface area (Å²) in [5, 5.41) is 3.61. The Kier molecular flexibility index (Phi) is 7.74. The van der Waals surface area contributed by atoms with Gasteiger partial charge in [-0.05, 0) is 72.9 Å². The van der Waals surface area contributed by atoms with Gasteiger partial charge in [0, 0.05) is 30.9 Å². The highest BCUT2D eigenvalue weighted by molar-refractivity contribution is 5.93. The Morgan fingerprint density at radius 2 is 1.95 bits per heavy atom. The summed E-state index contributed by atoms with van der Waals surface area (Å²) in [5.41, 5.74) is 1.41. The van der Waals surface area contributed by atoms with E-state index in [4.69, 9.17) is 9.47 Å². The molecule has 1 unspecified atom stereocenters. The lowest BCUT2D eigenvalue weighted by atomic mass is 10.1. The van der Waals surface area contributed by atoms with Crippen LogP contribution in [0.5, 0.6) is 5.75 Å². The van der Waals surface area contributed by atoms with Crippen molar-refractivity contribution in [3.05, 3.63) is 106 Å². The van der Waals surface area contributed by atoms with Gasteiger partial charge in [0.25, 0.3) is 11.5 Å². The summed E-state index contributed by atoms with van der Waals surface area (Å²) in [6.45, 7) is 1.41. The smallest absolute Gasteiger partial charge is 0.263 e. The normalized spacial score (nSPS) is 15.4. The molecule has 1 atom stereocenters. The van der Waals surface area contributed by atoms with E-state index in [1.807, 2.05) is 24.3 Å². The molecule has 38 heavy (non-hydrogen) atoms. The summed E-state index contributed by atoms with van der Waals surface area (Å²) in [4.78, 5) is 30.2. The molecule has 196 valence electrons. The zero-order chi connectivity index (χ0) is 26.5. The number of halogens is 2. The number of carbonyl (C=O) groups is 1. The quantitative estimate of drug-likeness (QED) is 0.368. The fourth-order valence-electron chi connectivity index (χ4n) is 4.47. The van der Waals surface area contributed by atoms with Crippen molar-refractivity contribution in [1.82, 2.24) is 14.9 Å². The number of ether oxygens (including phenoxy) is 2. The molecule has 0 aliphatic carbocycles. The number of benzene rings is 2. The molecule has 0 spiro atoms. The van der Waals surface area contributed by atoms with Crippen LogP contribution in [0.3, 0.4) is 0 Å². The number of pyridine rings is 2. The summed E-state index contributed by atoms with van der Waals surface area (Å²) >= 11 is 0. The van der Waals surface area contributed by atoms with Gasteiger partial charge in [-0.1, -0.05) is 12.1 Å². The van der Waals surface area contributed by atoms with Crippen LogP contribution in [0.1, 0.15) is 40.7 Å². The molecule has 5 rings (SSSR count). The molecule has 9 heteroatoms. The fraction of sp³-hybridized carbons (Fsp3) is 0.276. The summed E-state index contributed by atoms with van der Waals surface area (Å²) in [6, 6.07) is 13.9. The van der Waals surface area contributed by atoms with E-state index in [-0.39, 0.29) is 24.8 Å². The third-order valence-corrected chi connectivity index (χ3v) is 6.52. The first-order chi connectivity index (χ1) is 18.5. The second kappa shape index (κ2) is 11.5. The molecule has 1 aliphatic rings. The van der Waals surface area contributed by atoms with Crippen LogP contribution in [0.15, 0.2) is 71.8 Å². The SMILES string of the molecule is O=C(NCc1ccc2nccc(OCC3CCCCO3)c2c1)c1cccn(Cc2ccc(F)c(F)c2)c1=O. The van der Waals surface area contributed by atoms with Gasteiger partial charge in [-0.3, -0.25) is 14.6 Å². The number of rotatable bonds is 8. The van der Waals surface area contributed by atoms with Crippen molar-refractivity contribution in [2.24, 2.45) is 0 Å². The Bertz CT molecular complexity index is 1520. The topological polar surface area (TPSA) is 82.4 Å². The Labute approximate surface area is 218 Å². The van der Waals surface area contributed by atoms with Crippen molar-refractivity contribution in [2.75, 3.05) is 13.2 Å². The van der Waals surface area contributed by atoms with E-state index in [0.717, 1.165) is 54.5 Å². The van der Waals surface area contributed by atoms with Crippen LogP contribution in [-0.2, 0) is 17.8 Å². The Hall–Kier alpha value is -4.11. The van der Waals surface area contributed by atoms with Crippen LogP contribution >= 0.6 is 0 Å². The van der Waals surface area contributed by atoms with Gasteiger partial charge in [0.1, 0.15) is 17.9 Å². The molecule has 4 aromatic rings. The van der Waals surface area contributed by atoms with E-state index in [9.17, 15) is 18.4 Å². The van der Waals surface area contributed by atoms with Gasteiger partial charge in [0.2, 0.25) is 0 Å². The number of aromatic nitrogens is 2. The van der Waals surface area contributed by atoms with Gasteiger partial charge in [-0.2, -0.15) is 0 Å². The minimum absolute atomic E-state index is 0.00347. The average molecular weight is 520 g/mol. The van der Waals surface area contributed by atoms with Crippen LogP contribution in [0.4, 0.5) is 8.78 Å². The molecule has 0 saturated carbocycles. The van der Waals surface area contributed by atoms with E-state index >= 15 is 0 Å². The van der Waals surface area contributed by atoms with E-state index in [1.54, 1.807) is 12.3 Å². The van der Waals surface area contributed by atoms with Crippen LogP contribution < -0.4 is 15.6 Å². The maximum atomic E-state index is 13.6. The van der Waals surface area contributed by atoms with Gasteiger partial charge >= 0.3 is 0 Å². The summed E-state index contributed by atoms with van der Waals surface area (Å²) in [7, 11) is 0. The van der Waals surface area contributed by atoms with E-state index in [2.05, 4.69) is 10.3 Å². The van der Waals surface area contributed by atoms with Crippen LogP contribution in [0, 0.1) is 11.6 Å². The number of nitrogens with zero attached hydrogens (tertiary/aromatic N) is 2. The monoisotopic (exact) mass is 519 g/mol. The number of amides is 1. The van der Waals surface area contributed by atoms with E-state index in [0.29, 0.717) is 17.9 Å². The molecular weight excluding hydrogens is 492 g/mol. The van der Waals surface area contributed by atoms with Crippen molar-refractivity contribution in [3.8, 4) is 5.75 Å². The van der Waals surface area contributed by atoms with E-state index < -0.39 is 23.1 Å². The standard InChI is InChI=1S/C29H27F2N3O4/c30-24-8-6-20(15-25(24)31)17-34-12-3-5-22(29(34)36)28(35)33-16-19-7-9-26-23(14-19)27(10-11-32-26)38-18-21-4-1-2-13-37-21/h3,5-12,14-15,21H,1-2,4,13,16-18H2,(H,33,35). The summed E-state index contributed by atoms with van der Waals surface area (Å²) in [6.07, 6.45) is 6.45. The largest absolute Gasteiger partial charge is 0.490 e. The lowest BCUT2D eigenvalue weighted by Crippen LogP contribution is -2.32. The second-order valence-electron chi connectivity index (χ2n) is 9.25. The Morgan fingerprint density at radius 1 is 1.08 bits per heavy atom. The lowest BCUT2D eigenvalue weighted by Gasteiger charge is -2.23. The van der Waals surface area contributed by atoms with Crippen molar-refractivity contribution >= 4 is 16.8 Å². The minimum atomic E-state index is -0.995. The molecule has 7 nitrogen and oxygen atoms in total. The maximum absolute atomic E-state index is 13.6.